The third-order valence-corrected chi connectivity index (χ3v) is 7.69. The molecule has 3 nitrogen and oxygen atoms in total. The van der Waals surface area contributed by atoms with E-state index in [0.717, 1.165) is 19.3 Å². The van der Waals surface area contributed by atoms with Gasteiger partial charge in [-0.15, -0.1) is 0 Å². The molecule has 0 aromatic carbocycles. The molecule has 1 heterocycles. The highest BCUT2D eigenvalue weighted by molar-refractivity contribution is 5.79. The second-order valence-electron chi connectivity index (χ2n) is 8.98. The summed E-state index contributed by atoms with van der Waals surface area (Å²) in [7, 11) is 0. The second-order valence-corrected chi connectivity index (χ2v) is 8.98. The third kappa shape index (κ3) is 1.87. The van der Waals surface area contributed by atoms with E-state index in [4.69, 9.17) is 0 Å². The summed E-state index contributed by atoms with van der Waals surface area (Å²) in [5, 5.41) is 13.4. The summed E-state index contributed by atoms with van der Waals surface area (Å²) in [6.45, 7) is 7.10. The number of carbonyl (C=O) groups is 1. The fraction of sp³-hybridized carbons (Fsp3) is 0.842. The Morgan fingerprint density at radius 1 is 1.27 bits per heavy atom. The molecule has 1 saturated heterocycles. The highest BCUT2D eigenvalue weighted by Crippen LogP contribution is 2.64. The van der Waals surface area contributed by atoms with Crippen molar-refractivity contribution in [1.82, 2.24) is 5.32 Å². The van der Waals surface area contributed by atoms with Crippen LogP contribution in [-0.2, 0) is 4.79 Å². The average molecular weight is 303 g/mol. The quantitative estimate of drug-likeness (QED) is 0.722. The van der Waals surface area contributed by atoms with Crippen LogP contribution in [0.3, 0.4) is 0 Å². The molecular formula is C19H29NO2. The van der Waals surface area contributed by atoms with Gasteiger partial charge in [-0.3, -0.25) is 4.79 Å². The maximum atomic E-state index is 11.8. The fourth-order valence-corrected chi connectivity index (χ4v) is 6.55. The predicted octanol–water partition coefficient (Wildman–Crippen LogP) is 3.24. The van der Waals surface area contributed by atoms with Crippen LogP contribution < -0.4 is 5.32 Å². The van der Waals surface area contributed by atoms with Gasteiger partial charge in [-0.05, 0) is 61.2 Å². The second kappa shape index (κ2) is 4.59. The largest absolute Gasteiger partial charge is 0.393 e. The predicted molar refractivity (Wildman–Crippen MR) is 85.8 cm³/mol. The van der Waals surface area contributed by atoms with Gasteiger partial charge in [0, 0.05) is 17.5 Å². The Balaban J connectivity index is 1.74. The zero-order valence-electron chi connectivity index (χ0n) is 14.1. The molecule has 2 N–H and O–H groups in total. The normalized spacial score (nSPS) is 53.9. The van der Waals surface area contributed by atoms with Gasteiger partial charge in [-0.2, -0.15) is 0 Å². The summed E-state index contributed by atoms with van der Waals surface area (Å²) in [6, 6.07) is 0. The minimum absolute atomic E-state index is 0.106. The Morgan fingerprint density at radius 3 is 2.82 bits per heavy atom. The summed E-state index contributed by atoms with van der Waals surface area (Å²) in [5.74, 6) is 2.65. The highest BCUT2D eigenvalue weighted by Gasteiger charge is 2.59. The van der Waals surface area contributed by atoms with Gasteiger partial charge in [0.25, 0.3) is 0 Å². The summed E-state index contributed by atoms with van der Waals surface area (Å²) in [4.78, 5) is 11.8. The number of aliphatic hydroxyl groups excluding tert-OH is 1. The van der Waals surface area contributed by atoms with E-state index in [0.29, 0.717) is 35.5 Å². The molecule has 4 rings (SSSR count). The topological polar surface area (TPSA) is 49.3 Å². The number of hydrogen-bond donors (Lipinski definition) is 2. The number of hydrogen-bond acceptors (Lipinski definition) is 2. The fourth-order valence-electron chi connectivity index (χ4n) is 6.55. The van der Waals surface area contributed by atoms with Crippen molar-refractivity contribution in [2.24, 2.45) is 34.5 Å². The van der Waals surface area contributed by atoms with Crippen molar-refractivity contribution in [3.05, 3.63) is 11.8 Å². The molecule has 122 valence electrons. The van der Waals surface area contributed by atoms with E-state index >= 15 is 0 Å². The molecular weight excluding hydrogens is 274 g/mol. The van der Waals surface area contributed by atoms with E-state index in [2.05, 4.69) is 32.2 Å². The zero-order chi connectivity index (χ0) is 15.7. The average Bonchev–Trinajstić information content (AvgIpc) is 2.75. The SMILES string of the molecule is CC1C=C2NC(=O)CC[C@]2(C)C2CC[C@]3(C)C[C@@H](O)CC3C12. The summed E-state index contributed by atoms with van der Waals surface area (Å²) < 4.78 is 0. The molecule has 3 aliphatic carbocycles. The first-order valence-corrected chi connectivity index (χ1v) is 9.04. The van der Waals surface area contributed by atoms with Crippen molar-refractivity contribution in [3.63, 3.8) is 0 Å². The van der Waals surface area contributed by atoms with Gasteiger partial charge in [0.1, 0.15) is 0 Å². The Hall–Kier alpha value is -0.830. The molecule has 3 fully saturated rings. The molecule has 22 heavy (non-hydrogen) atoms. The lowest BCUT2D eigenvalue weighted by atomic mass is 9.48. The van der Waals surface area contributed by atoms with E-state index in [1.54, 1.807) is 0 Å². The minimum Gasteiger partial charge on any atom is -0.393 e. The Bertz CT molecular complexity index is 542. The Morgan fingerprint density at radius 2 is 2.05 bits per heavy atom. The van der Waals surface area contributed by atoms with Gasteiger partial charge in [0.15, 0.2) is 0 Å². The molecule has 0 aromatic heterocycles. The smallest absolute Gasteiger partial charge is 0.224 e. The number of nitrogens with one attached hydrogen (secondary N) is 1. The Kier molecular flexibility index (Phi) is 3.08. The maximum absolute atomic E-state index is 11.8. The minimum atomic E-state index is -0.106. The van der Waals surface area contributed by atoms with Crippen LogP contribution in [0.15, 0.2) is 11.8 Å². The molecule has 1 amide bonds. The van der Waals surface area contributed by atoms with Crippen LogP contribution in [0.4, 0.5) is 0 Å². The van der Waals surface area contributed by atoms with Crippen molar-refractivity contribution in [2.75, 3.05) is 0 Å². The zero-order valence-corrected chi connectivity index (χ0v) is 14.1. The van der Waals surface area contributed by atoms with Gasteiger partial charge < -0.3 is 10.4 Å². The summed E-state index contributed by atoms with van der Waals surface area (Å²) >= 11 is 0. The van der Waals surface area contributed by atoms with Gasteiger partial charge >= 0.3 is 0 Å². The van der Waals surface area contributed by atoms with Crippen LogP contribution in [0, 0.1) is 34.5 Å². The standard InChI is InChI=1S/C19H29NO2/c1-11-8-15-19(3,7-5-16(22)20-15)13-4-6-18(2)10-12(21)9-14(18)17(11)13/h8,11-14,17,21H,4-7,9-10H2,1-3H3,(H,20,22)/t11?,12-,13?,14?,17?,18+,19+/m0/s1. The molecule has 0 aromatic rings. The number of carbonyl (C=O) groups excluding carboxylic acids is 1. The lowest BCUT2D eigenvalue weighted by molar-refractivity contribution is -0.125. The van der Waals surface area contributed by atoms with Gasteiger partial charge in [0.05, 0.1) is 6.10 Å². The van der Waals surface area contributed by atoms with Gasteiger partial charge in [-0.25, -0.2) is 0 Å². The Labute approximate surface area is 133 Å². The third-order valence-electron chi connectivity index (χ3n) is 7.69. The molecule has 1 aliphatic heterocycles. The van der Waals surface area contributed by atoms with Crippen LogP contribution >= 0.6 is 0 Å². The van der Waals surface area contributed by atoms with E-state index in [1.165, 1.54) is 18.5 Å². The summed E-state index contributed by atoms with van der Waals surface area (Å²) in [6.07, 6.45) is 8.34. The van der Waals surface area contributed by atoms with Crippen LogP contribution in [0.5, 0.6) is 0 Å². The first-order chi connectivity index (χ1) is 10.3. The van der Waals surface area contributed by atoms with Crippen LogP contribution in [0.1, 0.15) is 59.3 Å². The number of amides is 1. The molecule has 4 aliphatic rings. The van der Waals surface area contributed by atoms with Crippen molar-refractivity contribution >= 4 is 5.91 Å². The van der Waals surface area contributed by atoms with Crippen molar-refractivity contribution in [1.29, 1.82) is 0 Å². The molecule has 7 atom stereocenters. The van der Waals surface area contributed by atoms with Crippen molar-refractivity contribution in [2.45, 2.75) is 65.4 Å². The van der Waals surface area contributed by atoms with Crippen molar-refractivity contribution in [3.8, 4) is 0 Å². The number of rotatable bonds is 0. The molecule has 3 heteroatoms. The monoisotopic (exact) mass is 303 g/mol. The van der Waals surface area contributed by atoms with E-state index in [9.17, 15) is 9.90 Å². The lowest BCUT2D eigenvalue weighted by Gasteiger charge is -2.58. The first-order valence-electron chi connectivity index (χ1n) is 9.04. The van der Waals surface area contributed by atoms with E-state index in [1.807, 2.05) is 0 Å². The molecule has 0 bridgehead atoms. The molecule has 0 spiro atoms. The maximum Gasteiger partial charge on any atom is 0.224 e. The van der Waals surface area contributed by atoms with E-state index < -0.39 is 0 Å². The molecule has 0 radical (unpaired) electrons. The first kappa shape index (κ1) is 14.7. The van der Waals surface area contributed by atoms with Crippen LogP contribution in [-0.4, -0.2) is 17.1 Å². The number of piperidine rings is 1. The lowest BCUT2D eigenvalue weighted by Crippen LogP contribution is -2.54. The van der Waals surface area contributed by atoms with Gasteiger partial charge in [-0.1, -0.05) is 26.8 Å². The van der Waals surface area contributed by atoms with Crippen molar-refractivity contribution < 1.29 is 9.90 Å². The molecule has 4 unspecified atom stereocenters. The van der Waals surface area contributed by atoms with Crippen LogP contribution in [0.25, 0.3) is 0 Å². The number of allylic oxidation sites excluding steroid dienone is 2. The van der Waals surface area contributed by atoms with E-state index in [-0.39, 0.29) is 17.4 Å². The number of fused-ring (bicyclic) bond motifs is 5. The molecule has 2 saturated carbocycles. The van der Waals surface area contributed by atoms with Gasteiger partial charge in [0.2, 0.25) is 5.91 Å². The summed E-state index contributed by atoms with van der Waals surface area (Å²) in [5.41, 5.74) is 1.66. The number of aliphatic hydroxyl groups is 1. The van der Waals surface area contributed by atoms with Crippen LogP contribution in [0.2, 0.25) is 0 Å². The highest BCUT2D eigenvalue weighted by atomic mass is 16.3.